The van der Waals surface area contributed by atoms with Gasteiger partial charge in [0.05, 0.1) is 0 Å². The lowest BCUT2D eigenvalue weighted by molar-refractivity contribution is 0.343. The molecule has 0 spiro atoms. The van der Waals surface area contributed by atoms with Gasteiger partial charge in [0.2, 0.25) is 0 Å². The van der Waals surface area contributed by atoms with Crippen molar-refractivity contribution < 1.29 is 0 Å². The maximum Gasteiger partial charge on any atom is 0.00671 e. The minimum atomic E-state index is 0.753. The van der Waals surface area contributed by atoms with Crippen LogP contribution in [0.3, 0.4) is 0 Å². The Morgan fingerprint density at radius 2 is 0.579 bits per heavy atom. The predicted molar refractivity (Wildman–Crippen MR) is 264 cm³/mol. The number of nitrogens with one attached hydrogen (secondary N) is 1. The maximum atomic E-state index is 4.01. The van der Waals surface area contributed by atoms with Crippen molar-refractivity contribution in [3.63, 3.8) is 0 Å². The summed E-state index contributed by atoms with van der Waals surface area (Å²) in [5, 5.41) is 4.01. The highest BCUT2D eigenvalue weighted by Crippen LogP contribution is 2.26. The van der Waals surface area contributed by atoms with E-state index in [4.69, 9.17) is 0 Å². The van der Waals surface area contributed by atoms with Crippen molar-refractivity contribution in [2.45, 2.75) is 337 Å². The van der Waals surface area contributed by atoms with Crippen LogP contribution in [0.4, 0.5) is 0 Å². The van der Waals surface area contributed by atoms with E-state index in [1.807, 2.05) is 0 Å². The van der Waals surface area contributed by atoms with E-state index in [-0.39, 0.29) is 0 Å². The zero-order valence-corrected chi connectivity index (χ0v) is 41.3. The minimum Gasteiger partial charge on any atom is -0.314 e. The van der Waals surface area contributed by atoms with E-state index in [2.05, 4.69) is 46.9 Å². The molecule has 0 saturated carbocycles. The van der Waals surface area contributed by atoms with Gasteiger partial charge in [0.1, 0.15) is 0 Å². The molecule has 0 aliphatic carbocycles. The van der Waals surface area contributed by atoms with Crippen molar-refractivity contribution in [1.29, 1.82) is 0 Å². The molecule has 2 atom stereocenters. The molecule has 0 radical (unpaired) electrons. The average molecular weight is 803 g/mol. The second-order valence-corrected chi connectivity index (χ2v) is 20.3. The van der Waals surface area contributed by atoms with Crippen molar-refractivity contribution in [1.82, 2.24) is 5.32 Å². The summed E-state index contributed by atoms with van der Waals surface area (Å²) in [7, 11) is 0. The highest BCUT2D eigenvalue weighted by Gasteiger charge is 2.13. The second-order valence-electron chi connectivity index (χ2n) is 20.3. The molecule has 0 rings (SSSR count). The van der Waals surface area contributed by atoms with Gasteiger partial charge >= 0.3 is 0 Å². The molecule has 0 aliphatic rings. The highest BCUT2D eigenvalue weighted by molar-refractivity contribution is 4.71. The summed E-state index contributed by atoms with van der Waals surface area (Å²) >= 11 is 0. The molecule has 0 saturated heterocycles. The first-order chi connectivity index (χ1) is 28.0. The smallest absolute Gasteiger partial charge is 0.00671 e. The molecule has 1 heteroatoms. The van der Waals surface area contributed by atoms with Crippen LogP contribution in [0.2, 0.25) is 0 Å². The van der Waals surface area contributed by atoms with Crippen molar-refractivity contribution in [2.24, 2.45) is 17.8 Å². The van der Waals surface area contributed by atoms with Gasteiger partial charge in [-0.05, 0) is 50.0 Å². The number of hydrogen-bond acceptors (Lipinski definition) is 1. The summed E-state index contributed by atoms with van der Waals surface area (Å²) in [5.41, 5.74) is 0. The van der Waals surface area contributed by atoms with Gasteiger partial charge in [0, 0.05) is 6.04 Å². The van der Waals surface area contributed by atoms with Crippen LogP contribution in [-0.2, 0) is 0 Å². The summed E-state index contributed by atoms with van der Waals surface area (Å²) in [4.78, 5) is 0. The van der Waals surface area contributed by atoms with Gasteiger partial charge in [-0.25, -0.2) is 0 Å². The van der Waals surface area contributed by atoms with Crippen LogP contribution in [0.5, 0.6) is 0 Å². The van der Waals surface area contributed by atoms with Gasteiger partial charge in [0.25, 0.3) is 0 Å². The molecule has 344 valence electrons. The second kappa shape index (κ2) is 48.6. The Balaban J connectivity index is 4.38. The van der Waals surface area contributed by atoms with Crippen LogP contribution in [0.15, 0.2) is 0 Å². The van der Waals surface area contributed by atoms with Crippen LogP contribution < -0.4 is 5.32 Å². The lowest BCUT2D eigenvalue weighted by Gasteiger charge is -2.22. The lowest BCUT2D eigenvalue weighted by atomic mass is 9.88. The fraction of sp³-hybridized carbons (Fsp3) is 1.00. The van der Waals surface area contributed by atoms with Gasteiger partial charge in [-0.15, -0.1) is 0 Å². The Morgan fingerprint density at radius 1 is 0.263 bits per heavy atom. The Bertz CT molecular complexity index is 663. The number of hydrogen-bond donors (Lipinski definition) is 1. The lowest BCUT2D eigenvalue weighted by Crippen LogP contribution is -2.30. The van der Waals surface area contributed by atoms with Crippen LogP contribution in [0.1, 0.15) is 330 Å². The quantitative estimate of drug-likeness (QED) is 0.0604. The van der Waals surface area contributed by atoms with Crippen molar-refractivity contribution in [3.05, 3.63) is 0 Å². The predicted octanol–water partition coefficient (Wildman–Crippen LogP) is 20.5. The zero-order valence-electron chi connectivity index (χ0n) is 41.3. The SMILES string of the molecule is CCCCCCCCCCCCCCCCCCC(CCCCCCCCCCCCCCCCCC)CCCCC(CCC(C)CCCC(C)C)NCCCC. The Hall–Kier alpha value is -0.0400. The van der Waals surface area contributed by atoms with E-state index in [0.717, 1.165) is 23.8 Å². The molecular weight excluding hydrogens is 687 g/mol. The molecule has 1 N–H and O–H groups in total. The normalized spacial score (nSPS) is 13.1. The van der Waals surface area contributed by atoms with E-state index in [1.54, 1.807) is 0 Å². The van der Waals surface area contributed by atoms with E-state index in [1.165, 1.54) is 295 Å². The molecule has 2 unspecified atom stereocenters. The van der Waals surface area contributed by atoms with Gasteiger partial charge < -0.3 is 5.32 Å². The largest absolute Gasteiger partial charge is 0.314 e. The summed E-state index contributed by atoms with van der Waals surface area (Å²) in [6, 6.07) is 0.753. The first kappa shape index (κ1) is 57.0. The first-order valence-corrected chi connectivity index (χ1v) is 27.8. The van der Waals surface area contributed by atoms with Crippen molar-refractivity contribution >= 4 is 0 Å². The molecule has 0 aliphatic heterocycles. The highest BCUT2D eigenvalue weighted by atomic mass is 14.9. The third-order valence-electron chi connectivity index (χ3n) is 13.8. The number of rotatable bonds is 50. The summed E-state index contributed by atoms with van der Waals surface area (Å²) < 4.78 is 0. The Labute approximate surface area is 364 Å². The number of unbranched alkanes of at least 4 members (excludes halogenated alkanes) is 32. The Morgan fingerprint density at radius 3 is 0.930 bits per heavy atom. The summed E-state index contributed by atoms with van der Waals surface area (Å²) in [6.07, 6.45) is 65.8. The van der Waals surface area contributed by atoms with E-state index in [0.29, 0.717) is 0 Å². The molecule has 0 bridgehead atoms. The molecule has 57 heavy (non-hydrogen) atoms. The van der Waals surface area contributed by atoms with E-state index in [9.17, 15) is 0 Å². The first-order valence-electron chi connectivity index (χ1n) is 27.8. The third kappa shape index (κ3) is 46.9. The van der Waals surface area contributed by atoms with Crippen LogP contribution in [0.25, 0.3) is 0 Å². The average Bonchev–Trinajstić information content (AvgIpc) is 3.20. The maximum absolute atomic E-state index is 4.01. The van der Waals surface area contributed by atoms with Crippen LogP contribution in [-0.4, -0.2) is 12.6 Å². The Kier molecular flexibility index (Phi) is 48.6. The van der Waals surface area contributed by atoms with Gasteiger partial charge in [-0.3, -0.25) is 0 Å². The van der Waals surface area contributed by atoms with Crippen LogP contribution >= 0.6 is 0 Å². The fourth-order valence-corrected chi connectivity index (χ4v) is 9.56. The molecular formula is C56H115N. The molecule has 0 aromatic rings. The monoisotopic (exact) mass is 802 g/mol. The van der Waals surface area contributed by atoms with Crippen molar-refractivity contribution in [2.75, 3.05) is 6.54 Å². The fourth-order valence-electron chi connectivity index (χ4n) is 9.56. The minimum absolute atomic E-state index is 0.753. The topological polar surface area (TPSA) is 12.0 Å². The van der Waals surface area contributed by atoms with E-state index >= 15 is 0 Å². The van der Waals surface area contributed by atoms with Crippen LogP contribution in [0, 0.1) is 17.8 Å². The molecule has 0 heterocycles. The molecule has 0 amide bonds. The summed E-state index contributed by atoms with van der Waals surface area (Å²) in [5.74, 6) is 2.75. The zero-order chi connectivity index (χ0) is 41.5. The summed E-state index contributed by atoms with van der Waals surface area (Å²) in [6.45, 7) is 15.5. The third-order valence-corrected chi connectivity index (χ3v) is 13.8. The van der Waals surface area contributed by atoms with Gasteiger partial charge in [-0.2, -0.15) is 0 Å². The molecule has 0 aromatic heterocycles. The van der Waals surface area contributed by atoms with Gasteiger partial charge in [0.15, 0.2) is 0 Å². The van der Waals surface area contributed by atoms with E-state index < -0.39 is 0 Å². The molecule has 0 fully saturated rings. The molecule has 0 aromatic carbocycles. The van der Waals surface area contributed by atoms with Crippen molar-refractivity contribution in [3.8, 4) is 0 Å². The molecule has 1 nitrogen and oxygen atoms in total. The standard InChI is InChI=1S/C56H115N/c1-7-10-13-15-17-19-21-23-25-27-29-31-33-35-37-39-46-55(47-40-38-36-34-32-30-28-26-24-22-20-18-16-14-11-8-2)48-41-42-49-56(57-52-12-9-3)51-50-54(6)45-43-44-53(4)5/h53-57H,7-52H2,1-6H3. The van der Waals surface area contributed by atoms with Gasteiger partial charge in [-0.1, -0.05) is 305 Å².